The van der Waals surface area contributed by atoms with Gasteiger partial charge in [-0.25, -0.2) is 0 Å². The Bertz CT molecular complexity index is 863. The quantitative estimate of drug-likeness (QED) is 0.214. The maximum absolute atomic E-state index is 13.0. The predicted molar refractivity (Wildman–Crippen MR) is 107 cm³/mol. The van der Waals surface area contributed by atoms with Crippen LogP contribution >= 0.6 is 11.8 Å². The van der Waals surface area contributed by atoms with E-state index < -0.39 is 17.6 Å². The Morgan fingerprint density at radius 1 is 1.14 bits per heavy atom. The molecule has 5 N–H and O–H groups in total. The summed E-state index contributed by atoms with van der Waals surface area (Å²) >= 11 is 1.24. The second-order valence-corrected chi connectivity index (χ2v) is 6.73. The van der Waals surface area contributed by atoms with Crippen molar-refractivity contribution < 1.29 is 18.0 Å². The first-order chi connectivity index (χ1) is 13.3. The summed E-state index contributed by atoms with van der Waals surface area (Å²) in [5.41, 5.74) is 10.5. The van der Waals surface area contributed by atoms with Gasteiger partial charge in [0.2, 0.25) is 5.91 Å². The number of hydrogen-bond acceptors (Lipinski definition) is 3. The van der Waals surface area contributed by atoms with E-state index in [9.17, 15) is 18.0 Å². The third-order valence-electron chi connectivity index (χ3n) is 3.43. The first kappa shape index (κ1) is 21.4. The van der Waals surface area contributed by atoms with E-state index >= 15 is 0 Å². The molecule has 0 fully saturated rings. The van der Waals surface area contributed by atoms with Crippen LogP contribution in [-0.2, 0) is 11.0 Å². The molecule has 0 bridgehead atoms. The Morgan fingerprint density at radius 2 is 1.86 bits per heavy atom. The Labute approximate surface area is 164 Å². The second kappa shape index (κ2) is 9.84. The Morgan fingerprint density at radius 3 is 2.50 bits per heavy atom. The lowest BCUT2D eigenvalue weighted by molar-refractivity contribution is -0.137. The van der Waals surface area contributed by atoms with Gasteiger partial charge in [0.05, 0.1) is 17.8 Å². The van der Waals surface area contributed by atoms with Gasteiger partial charge in [0.15, 0.2) is 5.96 Å². The van der Waals surface area contributed by atoms with Crippen molar-refractivity contribution in [3.05, 3.63) is 65.7 Å². The Kier molecular flexibility index (Phi) is 7.51. The third kappa shape index (κ3) is 6.99. The number of nitrogens with two attached hydrogens (primary N) is 2. The first-order valence-electron chi connectivity index (χ1n) is 8.19. The number of nitrogens with zero attached hydrogens (tertiary/aromatic N) is 1. The summed E-state index contributed by atoms with van der Waals surface area (Å²) in [5, 5.41) is 2.51. The minimum absolute atomic E-state index is 0.0624. The van der Waals surface area contributed by atoms with E-state index in [0.717, 1.165) is 17.7 Å². The topological polar surface area (TPSA) is 93.5 Å². The fraction of sp³-hybridized carbons (Fsp3) is 0.158. The number of aliphatic imine (C=N–C) groups is 1. The molecule has 0 aliphatic rings. The monoisotopic (exact) mass is 408 g/mol. The van der Waals surface area contributed by atoms with E-state index in [1.54, 1.807) is 18.2 Å². The summed E-state index contributed by atoms with van der Waals surface area (Å²) in [6.07, 6.45) is -1.67. The zero-order valence-electron chi connectivity index (χ0n) is 14.7. The first-order valence-corrected chi connectivity index (χ1v) is 9.18. The number of halogens is 3. The van der Waals surface area contributed by atoms with Gasteiger partial charge in [-0.1, -0.05) is 30.3 Å². The fourth-order valence-corrected chi connectivity index (χ4v) is 3.00. The van der Waals surface area contributed by atoms with Crippen LogP contribution in [-0.4, -0.2) is 24.2 Å². The molecular formula is C19H19F3N4OS. The molecule has 2 aromatic rings. The molecule has 0 atom stereocenters. The maximum Gasteiger partial charge on any atom is 0.416 e. The number of amides is 1. The summed E-state index contributed by atoms with van der Waals surface area (Å²) < 4.78 is 39.1. The number of alkyl halides is 3. The summed E-state index contributed by atoms with van der Waals surface area (Å²) in [6, 6.07) is 12.3. The third-order valence-corrected chi connectivity index (χ3v) is 4.49. The zero-order valence-corrected chi connectivity index (χ0v) is 15.6. The number of hydrogen-bond donors (Lipinski definition) is 3. The molecule has 28 heavy (non-hydrogen) atoms. The number of thioether (sulfide) groups is 1. The Hall–Kier alpha value is -2.94. The van der Waals surface area contributed by atoms with E-state index in [-0.39, 0.29) is 11.6 Å². The lowest BCUT2D eigenvalue weighted by Crippen LogP contribution is -2.23. The molecule has 0 saturated carbocycles. The predicted octanol–water partition coefficient (Wildman–Crippen LogP) is 3.72. The smallest absolute Gasteiger partial charge is 0.370 e. The van der Waals surface area contributed by atoms with Crippen LogP contribution in [0.25, 0.3) is 6.08 Å². The molecule has 0 saturated heterocycles. The van der Waals surface area contributed by atoms with E-state index in [0.29, 0.717) is 17.2 Å². The molecule has 9 heteroatoms. The van der Waals surface area contributed by atoms with E-state index in [1.165, 1.54) is 23.9 Å². The lowest BCUT2D eigenvalue weighted by atomic mass is 10.2. The highest BCUT2D eigenvalue weighted by atomic mass is 32.2. The molecular weight excluding hydrogens is 389 g/mol. The highest BCUT2D eigenvalue weighted by Gasteiger charge is 2.31. The largest absolute Gasteiger partial charge is 0.416 e. The van der Waals surface area contributed by atoms with Crippen molar-refractivity contribution in [2.24, 2.45) is 16.5 Å². The molecule has 148 valence electrons. The molecule has 1 amide bonds. The molecule has 0 spiro atoms. The van der Waals surface area contributed by atoms with Gasteiger partial charge >= 0.3 is 6.18 Å². The van der Waals surface area contributed by atoms with Crippen LogP contribution in [0.4, 0.5) is 18.9 Å². The van der Waals surface area contributed by atoms with Crippen molar-refractivity contribution in [1.29, 1.82) is 0 Å². The van der Waals surface area contributed by atoms with Crippen molar-refractivity contribution in [1.82, 2.24) is 0 Å². The molecule has 0 aromatic heterocycles. The van der Waals surface area contributed by atoms with Crippen LogP contribution in [0, 0.1) is 0 Å². The van der Waals surface area contributed by atoms with Crippen LogP contribution in [0.15, 0.2) is 64.5 Å². The molecule has 0 aliphatic carbocycles. The second-order valence-electron chi connectivity index (χ2n) is 5.60. The van der Waals surface area contributed by atoms with Gasteiger partial charge in [0.1, 0.15) is 0 Å². The average Bonchev–Trinajstić information content (AvgIpc) is 2.64. The van der Waals surface area contributed by atoms with Gasteiger partial charge in [-0.2, -0.15) is 13.2 Å². The van der Waals surface area contributed by atoms with Gasteiger partial charge in [-0.15, -0.1) is 11.8 Å². The van der Waals surface area contributed by atoms with Crippen LogP contribution in [0.2, 0.25) is 0 Å². The normalized spacial score (nSPS) is 11.4. The van der Waals surface area contributed by atoms with Crippen LogP contribution < -0.4 is 16.8 Å². The molecule has 5 nitrogen and oxygen atoms in total. The van der Waals surface area contributed by atoms with Gasteiger partial charge in [0, 0.05) is 16.7 Å². The SMILES string of the molecule is NC(N)=NCCSc1ccc(C(F)(F)F)cc1NC(=O)C=Cc1ccccc1. The molecule has 2 rings (SSSR count). The Balaban J connectivity index is 2.16. The van der Waals surface area contributed by atoms with Gasteiger partial charge in [-0.3, -0.25) is 9.79 Å². The van der Waals surface area contributed by atoms with Crippen molar-refractivity contribution >= 4 is 35.4 Å². The molecule has 0 aliphatic heterocycles. The molecule has 0 radical (unpaired) electrons. The minimum Gasteiger partial charge on any atom is -0.370 e. The highest BCUT2D eigenvalue weighted by molar-refractivity contribution is 7.99. The summed E-state index contributed by atoms with van der Waals surface area (Å²) in [7, 11) is 0. The van der Waals surface area contributed by atoms with Gasteiger partial charge < -0.3 is 16.8 Å². The van der Waals surface area contributed by atoms with Crippen molar-refractivity contribution in [2.75, 3.05) is 17.6 Å². The van der Waals surface area contributed by atoms with Crippen LogP contribution in [0.1, 0.15) is 11.1 Å². The number of carbonyl (C=O) groups is 1. The van der Waals surface area contributed by atoms with Crippen molar-refractivity contribution in [3.63, 3.8) is 0 Å². The molecule has 0 unspecified atom stereocenters. The molecule has 2 aromatic carbocycles. The summed E-state index contributed by atoms with van der Waals surface area (Å²) in [4.78, 5) is 16.5. The van der Waals surface area contributed by atoms with Gasteiger partial charge in [0.25, 0.3) is 0 Å². The average molecular weight is 408 g/mol. The number of benzene rings is 2. The minimum atomic E-state index is -4.51. The number of guanidine groups is 1. The highest BCUT2D eigenvalue weighted by Crippen LogP contribution is 2.35. The van der Waals surface area contributed by atoms with Crippen LogP contribution in [0.3, 0.4) is 0 Å². The van der Waals surface area contributed by atoms with E-state index in [1.807, 2.05) is 18.2 Å². The number of rotatable bonds is 7. The number of carbonyl (C=O) groups excluding carboxylic acids is 1. The number of anilines is 1. The lowest BCUT2D eigenvalue weighted by Gasteiger charge is -2.13. The summed E-state index contributed by atoms with van der Waals surface area (Å²) in [6.45, 7) is 0.301. The van der Waals surface area contributed by atoms with E-state index in [4.69, 9.17) is 11.5 Å². The fourth-order valence-electron chi connectivity index (χ4n) is 2.17. The maximum atomic E-state index is 13.0. The van der Waals surface area contributed by atoms with Gasteiger partial charge in [-0.05, 0) is 29.8 Å². The molecule has 0 heterocycles. The number of nitrogens with one attached hydrogen (secondary N) is 1. The standard InChI is InChI=1S/C19H19F3N4OS/c20-19(21,22)14-7-8-16(28-11-10-25-18(23)24)15(12-14)26-17(27)9-6-13-4-2-1-3-5-13/h1-9,12H,10-11H2,(H,26,27)(H4,23,24,25). The zero-order chi connectivity index (χ0) is 20.6. The van der Waals surface area contributed by atoms with Crippen molar-refractivity contribution in [3.8, 4) is 0 Å². The van der Waals surface area contributed by atoms with Crippen LogP contribution in [0.5, 0.6) is 0 Å². The summed E-state index contributed by atoms with van der Waals surface area (Å²) in [5.74, 6) is -0.159. The van der Waals surface area contributed by atoms with E-state index in [2.05, 4.69) is 10.3 Å². The van der Waals surface area contributed by atoms with Crippen molar-refractivity contribution in [2.45, 2.75) is 11.1 Å².